The van der Waals surface area contributed by atoms with E-state index in [-0.39, 0.29) is 5.78 Å². The number of hydrogen-bond acceptors (Lipinski definition) is 3. The zero-order chi connectivity index (χ0) is 13.7. The quantitative estimate of drug-likeness (QED) is 0.763. The molecule has 19 heavy (non-hydrogen) atoms. The highest BCUT2D eigenvalue weighted by Gasteiger charge is 2.18. The first-order valence-corrected chi connectivity index (χ1v) is 7.02. The summed E-state index contributed by atoms with van der Waals surface area (Å²) in [6.07, 6.45) is 2.35. The van der Waals surface area contributed by atoms with Crippen molar-refractivity contribution in [3.8, 4) is 0 Å². The molecule has 1 fully saturated rings. The molecule has 3 nitrogen and oxygen atoms in total. The maximum atomic E-state index is 12.2. The van der Waals surface area contributed by atoms with Gasteiger partial charge in [-0.25, -0.2) is 0 Å². The molecule has 0 bridgehead atoms. The van der Waals surface area contributed by atoms with Crippen molar-refractivity contribution >= 4 is 5.78 Å². The largest absolute Gasteiger partial charge is 0.381 e. The molecular weight excluding hydrogens is 238 g/mol. The third-order valence-corrected chi connectivity index (χ3v) is 3.68. The summed E-state index contributed by atoms with van der Waals surface area (Å²) in [6, 6.07) is 7.79. The second kappa shape index (κ2) is 6.83. The maximum Gasteiger partial charge on any atom is 0.177 e. The van der Waals surface area contributed by atoms with Crippen LogP contribution in [-0.4, -0.2) is 44.0 Å². The van der Waals surface area contributed by atoms with E-state index in [2.05, 4.69) is 4.90 Å². The summed E-state index contributed by atoms with van der Waals surface area (Å²) in [5.74, 6) is 0.778. The molecule has 1 aromatic rings. The third kappa shape index (κ3) is 4.15. The van der Waals surface area contributed by atoms with E-state index in [0.29, 0.717) is 12.5 Å². The predicted octanol–water partition coefficient (Wildman–Crippen LogP) is 2.54. The molecule has 0 N–H and O–H groups in total. The highest BCUT2D eigenvalue weighted by Crippen LogP contribution is 2.15. The van der Waals surface area contributed by atoms with Gasteiger partial charge in [0.2, 0.25) is 0 Å². The summed E-state index contributed by atoms with van der Waals surface area (Å²) in [4.78, 5) is 14.4. The molecule has 0 aliphatic carbocycles. The molecule has 1 aliphatic rings. The molecule has 0 spiro atoms. The minimum atomic E-state index is 0.206. The van der Waals surface area contributed by atoms with Gasteiger partial charge in [0.25, 0.3) is 0 Å². The number of benzene rings is 1. The van der Waals surface area contributed by atoms with Crippen LogP contribution in [0.15, 0.2) is 24.3 Å². The molecule has 1 unspecified atom stereocenters. The zero-order valence-corrected chi connectivity index (χ0v) is 11.9. The van der Waals surface area contributed by atoms with Gasteiger partial charge in [0.15, 0.2) is 5.78 Å². The van der Waals surface area contributed by atoms with E-state index in [4.69, 9.17) is 4.74 Å². The number of rotatable bonds is 5. The minimum Gasteiger partial charge on any atom is -0.381 e. The Kier molecular flexibility index (Phi) is 5.11. The monoisotopic (exact) mass is 261 g/mol. The number of Topliss-reactive ketones (excluding diaryl/α,β-unsaturated/α-hetero) is 1. The number of carbonyl (C=O) groups excluding carboxylic acids is 1. The van der Waals surface area contributed by atoms with Crippen LogP contribution in [0.4, 0.5) is 0 Å². The van der Waals surface area contributed by atoms with Gasteiger partial charge in [-0.15, -0.1) is 0 Å². The van der Waals surface area contributed by atoms with Gasteiger partial charge >= 0.3 is 0 Å². The lowest BCUT2D eigenvalue weighted by atomic mass is 10.0. The number of aryl methyl sites for hydroxylation is 1. The zero-order valence-electron chi connectivity index (χ0n) is 11.9. The van der Waals surface area contributed by atoms with Crippen molar-refractivity contribution in [3.63, 3.8) is 0 Å². The Bertz CT molecular complexity index is 425. The van der Waals surface area contributed by atoms with Crippen LogP contribution in [-0.2, 0) is 4.74 Å². The average molecular weight is 261 g/mol. The number of ether oxygens (including phenoxy) is 1. The van der Waals surface area contributed by atoms with Crippen LogP contribution in [0.2, 0.25) is 0 Å². The fourth-order valence-electron chi connectivity index (χ4n) is 2.67. The van der Waals surface area contributed by atoms with Gasteiger partial charge in [-0.1, -0.05) is 24.3 Å². The highest BCUT2D eigenvalue weighted by atomic mass is 16.5. The molecule has 3 heteroatoms. The molecule has 0 amide bonds. The summed E-state index contributed by atoms with van der Waals surface area (Å²) in [5, 5.41) is 0. The SMILES string of the molecule is Cc1ccccc1C(=O)CN(C)CC1CCCOC1. The maximum absolute atomic E-state index is 12.2. The van der Waals surface area contributed by atoms with E-state index in [1.54, 1.807) is 0 Å². The molecule has 1 aromatic carbocycles. The van der Waals surface area contributed by atoms with Gasteiger partial charge in [-0.3, -0.25) is 9.69 Å². The standard InChI is InChI=1S/C16H23NO2/c1-13-6-3-4-8-15(13)16(18)11-17(2)10-14-7-5-9-19-12-14/h3-4,6,8,14H,5,7,9-12H2,1-2H3. The molecule has 0 saturated carbocycles. The summed E-state index contributed by atoms with van der Waals surface area (Å²) < 4.78 is 5.48. The lowest BCUT2D eigenvalue weighted by Gasteiger charge is -2.26. The first-order chi connectivity index (χ1) is 9.16. The average Bonchev–Trinajstić information content (AvgIpc) is 2.40. The lowest BCUT2D eigenvalue weighted by molar-refractivity contribution is 0.0416. The number of carbonyl (C=O) groups is 1. The van der Waals surface area contributed by atoms with E-state index < -0.39 is 0 Å². The Balaban J connectivity index is 1.86. The van der Waals surface area contributed by atoms with Crippen molar-refractivity contribution in [1.29, 1.82) is 0 Å². The third-order valence-electron chi connectivity index (χ3n) is 3.68. The first kappa shape index (κ1) is 14.2. The van der Waals surface area contributed by atoms with E-state index in [1.807, 2.05) is 38.2 Å². The van der Waals surface area contributed by atoms with Crippen LogP contribution in [0.5, 0.6) is 0 Å². The summed E-state index contributed by atoms with van der Waals surface area (Å²) in [6.45, 7) is 5.15. The van der Waals surface area contributed by atoms with Crippen molar-refractivity contribution in [2.75, 3.05) is 33.4 Å². The van der Waals surface area contributed by atoms with Crippen LogP contribution in [0.3, 0.4) is 0 Å². The number of likely N-dealkylation sites (N-methyl/N-ethyl adjacent to an activating group) is 1. The Morgan fingerprint density at radius 1 is 1.42 bits per heavy atom. The van der Waals surface area contributed by atoms with Crippen LogP contribution in [0, 0.1) is 12.8 Å². The smallest absolute Gasteiger partial charge is 0.177 e. The highest BCUT2D eigenvalue weighted by molar-refractivity contribution is 5.98. The van der Waals surface area contributed by atoms with Crippen molar-refractivity contribution in [3.05, 3.63) is 35.4 Å². The summed E-state index contributed by atoms with van der Waals surface area (Å²) in [7, 11) is 2.02. The molecule has 1 aliphatic heterocycles. The molecular formula is C16H23NO2. The van der Waals surface area contributed by atoms with Crippen LogP contribution in [0.1, 0.15) is 28.8 Å². The molecule has 0 aromatic heterocycles. The van der Waals surface area contributed by atoms with Gasteiger partial charge in [0.05, 0.1) is 13.2 Å². The summed E-state index contributed by atoms with van der Waals surface area (Å²) in [5.41, 5.74) is 1.90. The van der Waals surface area contributed by atoms with Gasteiger partial charge in [-0.2, -0.15) is 0 Å². The molecule has 2 rings (SSSR count). The Morgan fingerprint density at radius 3 is 2.89 bits per heavy atom. The molecule has 104 valence electrons. The second-order valence-corrected chi connectivity index (χ2v) is 5.52. The first-order valence-electron chi connectivity index (χ1n) is 7.02. The molecule has 0 radical (unpaired) electrons. The normalized spacial score (nSPS) is 19.6. The van der Waals surface area contributed by atoms with Crippen LogP contribution >= 0.6 is 0 Å². The molecule has 1 saturated heterocycles. The molecule has 1 heterocycles. The second-order valence-electron chi connectivity index (χ2n) is 5.52. The predicted molar refractivity (Wildman–Crippen MR) is 76.5 cm³/mol. The Morgan fingerprint density at radius 2 is 2.21 bits per heavy atom. The van der Waals surface area contributed by atoms with Crippen LogP contribution in [0.25, 0.3) is 0 Å². The number of nitrogens with zero attached hydrogens (tertiary/aromatic N) is 1. The lowest BCUT2D eigenvalue weighted by Crippen LogP contribution is -2.34. The van der Waals surface area contributed by atoms with Gasteiger partial charge in [0, 0.05) is 18.7 Å². The topological polar surface area (TPSA) is 29.5 Å². The van der Waals surface area contributed by atoms with Crippen molar-refractivity contribution in [1.82, 2.24) is 4.90 Å². The van der Waals surface area contributed by atoms with Gasteiger partial charge in [-0.05, 0) is 38.3 Å². The van der Waals surface area contributed by atoms with E-state index in [0.717, 1.165) is 37.3 Å². The van der Waals surface area contributed by atoms with Gasteiger partial charge in [0.1, 0.15) is 0 Å². The van der Waals surface area contributed by atoms with Crippen molar-refractivity contribution < 1.29 is 9.53 Å². The van der Waals surface area contributed by atoms with E-state index in [9.17, 15) is 4.79 Å². The number of ketones is 1. The van der Waals surface area contributed by atoms with Gasteiger partial charge < -0.3 is 4.74 Å². The van der Waals surface area contributed by atoms with Crippen molar-refractivity contribution in [2.45, 2.75) is 19.8 Å². The Labute approximate surface area is 115 Å². The summed E-state index contributed by atoms with van der Waals surface area (Å²) >= 11 is 0. The Hall–Kier alpha value is -1.19. The number of hydrogen-bond donors (Lipinski definition) is 0. The molecule has 1 atom stereocenters. The fraction of sp³-hybridized carbons (Fsp3) is 0.562. The minimum absolute atomic E-state index is 0.206. The van der Waals surface area contributed by atoms with E-state index in [1.165, 1.54) is 6.42 Å². The van der Waals surface area contributed by atoms with E-state index >= 15 is 0 Å². The fourth-order valence-corrected chi connectivity index (χ4v) is 2.67. The van der Waals surface area contributed by atoms with Crippen LogP contribution < -0.4 is 0 Å². The van der Waals surface area contributed by atoms with Crippen molar-refractivity contribution in [2.24, 2.45) is 5.92 Å².